The number of thiazole rings is 1. The Bertz CT molecular complexity index is 477. The lowest BCUT2D eigenvalue weighted by Crippen LogP contribution is -2.20. The molecule has 0 aromatic carbocycles. The van der Waals surface area contributed by atoms with Crippen molar-refractivity contribution < 1.29 is 9.53 Å². The molecule has 0 radical (unpaired) electrons. The number of carbonyl (C=O) groups is 1. The molecule has 2 aromatic heterocycles. The molecule has 0 atom stereocenters. The highest BCUT2D eigenvalue weighted by molar-refractivity contribution is 7.15. The summed E-state index contributed by atoms with van der Waals surface area (Å²) < 4.78 is 6.78. The first-order valence-electron chi connectivity index (χ1n) is 4.33. The van der Waals surface area contributed by atoms with Crippen molar-refractivity contribution in [1.29, 1.82) is 0 Å². The van der Waals surface area contributed by atoms with Crippen molar-refractivity contribution in [3.05, 3.63) is 17.3 Å². The third-order valence-corrected chi connectivity index (χ3v) is 2.73. The van der Waals surface area contributed by atoms with Crippen LogP contribution in [-0.4, -0.2) is 29.8 Å². The van der Waals surface area contributed by atoms with Crippen LogP contribution in [0.5, 0.6) is 0 Å². The van der Waals surface area contributed by atoms with E-state index in [1.54, 1.807) is 6.92 Å². The lowest BCUT2D eigenvalue weighted by atomic mass is 10.0. The predicted molar refractivity (Wildman–Crippen MR) is 57.2 cm³/mol. The van der Waals surface area contributed by atoms with Gasteiger partial charge in [-0.15, -0.1) is 11.3 Å². The Kier molecular flexibility index (Phi) is 2.29. The minimum Gasteiger partial charge on any atom is -0.461 e. The molecule has 0 saturated carbocycles. The van der Waals surface area contributed by atoms with Gasteiger partial charge in [-0.25, -0.2) is 9.78 Å². The molecule has 0 saturated heterocycles. The average molecular weight is 208 g/mol. The van der Waals surface area contributed by atoms with Crippen LogP contribution in [0.25, 0.3) is 4.96 Å². The normalized spacial score (nSPS) is 10.6. The van der Waals surface area contributed by atoms with E-state index in [1.165, 1.54) is 11.3 Å². The molecule has 0 aliphatic heterocycles. The molecule has 0 aliphatic rings. The number of aromatic nitrogens is 2. The highest BCUT2D eigenvalue weighted by Crippen LogP contribution is 2.09. The van der Waals surface area contributed by atoms with E-state index in [0.717, 1.165) is 10.6 Å². The molecule has 2 heterocycles. The Morgan fingerprint density at radius 1 is 1.79 bits per heavy atom. The summed E-state index contributed by atoms with van der Waals surface area (Å²) in [6, 6.07) is 0. The van der Waals surface area contributed by atoms with Gasteiger partial charge in [0.25, 0.3) is 0 Å². The first kappa shape index (κ1) is 9.27. The van der Waals surface area contributed by atoms with Crippen molar-refractivity contribution in [3.63, 3.8) is 0 Å². The molecule has 0 aliphatic carbocycles. The van der Waals surface area contributed by atoms with Crippen LogP contribution in [-0.2, 0) is 4.74 Å². The molecule has 0 amide bonds. The van der Waals surface area contributed by atoms with Gasteiger partial charge in [0.2, 0.25) is 0 Å². The smallest absolute Gasteiger partial charge is 0.357 e. The van der Waals surface area contributed by atoms with Crippen LogP contribution in [0.15, 0.2) is 11.6 Å². The molecule has 0 bridgehead atoms. The van der Waals surface area contributed by atoms with Gasteiger partial charge in [-0.3, -0.25) is 0 Å². The van der Waals surface area contributed by atoms with Crippen LogP contribution in [0.3, 0.4) is 0 Å². The molecular formula is C8H9BN2O2S. The number of carbonyl (C=O) groups excluding carboxylic acids is 1. The quantitative estimate of drug-likeness (QED) is 0.508. The fraction of sp³-hybridized carbons (Fsp3) is 0.250. The predicted octanol–water partition coefficient (Wildman–Crippen LogP) is -0.169. The number of nitrogens with zero attached hydrogens (tertiary/aromatic N) is 2. The zero-order chi connectivity index (χ0) is 10.1. The van der Waals surface area contributed by atoms with Gasteiger partial charge in [-0.05, 0) is 6.92 Å². The fourth-order valence-electron chi connectivity index (χ4n) is 1.29. The molecule has 0 spiro atoms. The highest BCUT2D eigenvalue weighted by atomic mass is 32.1. The SMILES string of the molecule is Bc1c(C(=O)OCC)nc2sccn12. The lowest BCUT2D eigenvalue weighted by molar-refractivity contribution is 0.0522. The maximum Gasteiger partial charge on any atom is 0.357 e. The van der Waals surface area contributed by atoms with Gasteiger partial charge in [-0.2, -0.15) is 0 Å². The summed E-state index contributed by atoms with van der Waals surface area (Å²) in [5.41, 5.74) is 1.25. The molecule has 0 N–H and O–H groups in total. The second-order valence-corrected chi connectivity index (χ2v) is 3.69. The number of esters is 1. The lowest BCUT2D eigenvalue weighted by Gasteiger charge is -1.98. The maximum absolute atomic E-state index is 11.4. The summed E-state index contributed by atoms with van der Waals surface area (Å²) in [5.74, 6) is -0.346. The maximum atomic E-state index is 11.4. The van der Waals surface area contributed by atoms with Crippen LogP contribution in [0.2, 0.25) is 0 Å². The third-order valence-electron chi connectivity index (χ3n) is 1.97. The Hall–Kier alpha value is -1.30. The Morgan fingerprint density at radius 2 is 2.57 bits per heavy atom. The molecule has 72 valence electrons. The minimum absolute atomic E-state index is 0.346. The second kappa shape index (κ2) is 3.45. The Balaban J connectivity index is 2.47. The summed E-state index contributed by atoms with van der Waals surface area (Å²) in [6.07, 6.45) is 1.89. The van der Waals surface area contributed by atoms with E-state index in [9.17, 15) is 4.79 Å². The van der Waals surface area contributed by atoms with Crippen LogP contribution < -0.4 is 5.59 Å². The molecule has 2 rings (SSSR count). The topological polar surface area (TPSA) is 43.6 Å². The van der Waals surface area contributed by atoms with Crippen molar-refractivity contribution in [2.45, 2.75) is 6.92 Å². The Morgan fingerprint density at radius 3 is 3.21 bits per heavy atom. The van der Waals surface area contributed by atoms with Gasteiger partial charge in [-0.1, -0.05) is 0 Å². The number of hydrogen-bond acceptors (Lipinski definition) is 4. The zero-order valence-corrected chi connectivity index (χ0v) is 8.80. The zero-order valence-electron chi connectivity index (χ0n) is 7.98. The van der Waals surface area contributed by atoms with Gasteiger partial charge < -0.3 is 9.14 Å². The highest BCUT2D eigenvalue weighted by Gasteiger charge is 2.16. The van der Waals surface area contributed by atoms with Crippen molar-refractivity contribution in [2.75, 3.05) is 6.61 Å². The van der Waals surface area contributed by atoms with Crippen molar-refractivity contribution >= 4 is 35.7 Å². The minimum atomic E-state index is -0.346. The van der Waals surface area contributed by atoms with Gasteiger partial charge in [0, 0.05) is 17.2 Å². The van der Waals surface area contributed by atoms with E-state index in [0.29, 0.717) is 12.3 Å². The first-order chi connectivity index (χ1) is 6.74. The molecule has 14 heavy (non-hydrogen) atoms. The molecule has 6 heteroatoms. The number of ether oxygens (including phenoxy) is 1. The van der Waals surface area contributed by atoms with Crippen LogP contribution in [0.1, 0.15) is 17.4 Å². The molecule has 4 nitrogen and oxygen atoms in total. The van der Waals surface area contributed by atoms with Crippen molar-refractivity contribution in [2.24, 2.45) is 0 Å². The van der Waals surface area contributed by atoms with Gasteiger partial charge >= 0.3 is 5.97 Å². The summed E-state index contributed by atoms with van der Waals surface area (Å²) >= 11 is 1.50. The van der Waals surface area contributed by atoms with Gasteiger partial charge in [0.15, 0.2) is 18.5 Å². The van der Waals surface area contributed by atoms with Crippen LogP contribution >= 0.6 is 11.3 Å². The van der Waals surface area contributed by atoms with E-state index in [2.05, 4.69) is 4.98 Å². The first-order valence-corrected chi connectivity index (χ1v) is 5.21. The summed E-state index contributed by atoms with van der Waals surface area (Å²) in [4.78, 5) is 16.5. The van der Waals surface area contributed by atoms with Crippen molar-refractivity contribution in [1.82, 2.24) is 9.38 Å². The van der Waals surface area contributed by atoms with Crippen LogP contribution in [0, 0.1) is 0 Å². The van der Waals surface area contributed by atoms with Gasteiger partial charge in [0.1, 0.15) is 0 Å². The van der Waals surface area contributed by atoms with Gasteiger partial charge in [0.05, 0.1) is 6.61 Å². The molecule has 0 fully saturated rings. The average Bonchev–Trinajstić information content (AvgIpc) is 2.69. The monoisotopic (exact) mass is 208 g/mol. The largest absolute Gasteiger partial charge is 0.461 e. The number of hydrogen-bond donors (Lipinski definition) is 0. The summed E-state index contributed by atoms with van der Waals surface area (Å²) in [5, 5.41) is 1.93. The molecule has 0 unspecified atom stereocenters. The number of rotatable bonds is 2. The van der Waals surface area contributed by atoms with E-state index in [-0.39, 0.29) is 5.97 Å². The molecule has 2 aromatic rings. The van der Waals surface area contributed by atoms with E-state index in [4.69, 9.17) is 4.74 Å². The number of fused-ring (bicyclic) bond motifs is 1. The van der Waals surface area contributed by atoms with Crippen molar-refractivity contribution in [3.8, 4) is 0 Å². The van der Waals surface area contributed by atoms with Crippen LogP contribution in [0.4, 0.5) is 0 Å². The van der Waals surface area contributed by atoms with E-state index >= 15 is 0 Å². The summed E-state index contributed by atoms with van der Waals surface area (Å²) in [6.45, 7) is 2.16. The van der Waals surface area contributed by atoms with E-state index in [1.807, 2.05) is 23.8 Å². The number of imidazole rings is 1. The molecular weight excluding hydrogens is 199 g/mol. The summed E-state index contributed by atoms with van der Waals surface area (Å²) in [7, 11) is 1.86. The van der Waals surface area contributed by atoms with E-state index < -0.39 is 0 Å². The standard InChI is InChI=1S/C8H9BN2O2S/c1-2-13-7(12)5-6(9)11-3-4-14-8(11)10-5/h3-4H,2,9H2,1H3. The Labute approximate surface area is 85.9 Å². The fourth-order valence-corrected chi connectivity index (χ4v) is 2.05. The third kappa shape index (κ3) is 1.31. The second-order valence-electron chi connectivity index (χ2n) is 2.82.